The molecule has 10 heavy (non-hydrogen) atoms. The number of hydrogen-bond acceptors (Lipinski definition) is 2. The lowest BCUT2D eigenvalue weighted by atomic mass is 10.1. The van der Waals surface area contributed by atoms with Gasteiger partial charge in [0.25, 0.3) is 0 Å². The van der Waals surface area contributed by atoms with Crippen LogP contribution < -0.4 is 0 Å². The van der Waals surface area contributed by atoms with Crippen LogP contribution in [0.5, 0.6) is 0 Å². The minimum absolute atomic E-state index is 0.230. The molecular formula is C7H11NO2. The molecule has 0 aromatic heterocycles. The summed E-state index contributed by atoms with van der Waals surface area (Å²) < 4.78 is 5.14. The molecule has 0 aromatic rings. The third-order valence-corrected chi connectivity index (χ3v) is 2.31. The van der Waals surface area contributed by atoms with Gasteiger partial charge in [0.05, 0.1) is 12.6 Å². The van der Waals surface area contributed by atoms with Crippen molar-refractivity contribution in [1.82, 2.24) is 4.90 Å². The third kappa shape index (κ3) is 0.669. The molecule has 2 aliphatic heterocycles. The van der Waals surface area contributed by atoms with Gasteiger partial charge in [-0.1, -0.05) is 6.92 Å². The van der Waals surface area contributed by atoms with Gasteiger partial charge >= 0.3 is 0 Å². The maximum absolute atomic E-state index is 11.2. The Balaban J connectivity index is 2.17. The number of nitrogens with zero attached hydrogens (tertiary/aromatic N) is 1. The van der Waals surface area contributed by atoms with Crippen LogP contribution >= 0.6 is 0 Å². The molecule has 0 radical (unpaired) electrons. The largest absolute Gasteiger partial charge is 0.359 e. The van der Waals surface area contributed by atoms with Crippen molar-refractivity contribution < 1.29 is 9.53 Å². The quantitative estimate of drug-likeness (QED) is 0.482. The van der Waals surface area contributed by atoms with Crippen molar-refractivity contribution in [3.05, 3.63) is 0 Å². The SMILES string of the molecule is CC1CC2COCN2C1=O. The van der Waals surface area contributed by atoms with E-state index >= 15 is 0 Å². The average Bonchev–Trinajstić information content (AvgIpc) is 2.41. The lowest BCUT2D eigenvalue weighted by molar-refractivity contribution is -0.132. The van der Waals surface area contributed by atoms with Crippen molar-refractivity contribution >= 4 is 5.91 Å². The topological polar surface area (TPSA) is 29.5 Å². The molecule has 3 heteroatoms. The van der Waals surface area contributed by atoms with E-state index in [1.165, 1.54) is 0 Å². The summed E-state index contributed by atoms with van der Waals surface area (Å²) in [6.07, 6.45) is 0.985. The fourth-order valence-electron chi connectivity index (χ4n) is 1.71. The van der Waals surface area contributed by atoms with E-state index in [0.717, 1.165) is 13.0 Å². The van der Waals surface area contributed by atoms with E-state index in [4.69, 9.17) is 4.74 Å². The summed E-state index contributed by atoms with van der Waals surface area (Å²) in [7, 11) is 0. The summed E-state index contributed by atoms with van der Waals surface area (Å²) in [5.74, 6) is 0.497. The normalized spacial score (nSPS) is 38.9. The van der Waals surface area contributed by atoms with E-state index in [1.54, 1.807) is 0 Å². The third-order valence-electron chi connectivity index (χ3n) is 2.31. The number of carbonyl (C=O) groups is 1. The van der Waals surface area contributed by atoms with E-state index in [-0.39, 0.29) is 11.8 Å². The Morgan fingerprint density at radius 2 is 2.50 bits per heavy atom. The summed E-state index contributed by atoms with van der Waals surface area (Å²) in [5.41, 5.74) is 0. The van der Waals surface area contributed by atoms with Crippen LogP contribution in [0.1, 0.15) is 13.3 Å². The van der Waals surface area contributed by atoms with Crippen molar-refractivity contribution in [3.63, 3.8) is 0 Å². The number of hydrogen-bond donors (Lipinski definition) is 0. The van der Waals surface area contributed by atoms with Gasteiger partial charge in [0.15, 0.2) is 0 Å². The van der Waals surface area contributed by atoms with Gasteiger partial charge in [0.1, 0.15) is 6.73 Å². The second-order valence-electron chi connectivity index (χ2n) is 3.10. The lowest BCUT2D eigenvalue weighted by Gasteiger charge is -2.10. The number of rotatable bonds is 0. The Morgan fingerprint density at radius 3 is 3.20 bits per heavy atom. The molecule has 2 fully saturated rings. The van der Waals surface area contributed by atoms with Crippen molar-refractivity contribution in [2.75, 3.05) is 13.3 Å². The highest BCUT2D eigenvalue weighted by Gasteiger charge is 2.40. The summed E-state index contributed by atoms with van der Waals surface area (Å²) in [4.78, 5) is 13.1. The van der Waals surface area contributed by atoms with Crippen LogP contribution in [-0.4, -0.2) is 30.2 Å². The van der Waals surface area contributed by atoms with Gasteiger partial charge in [-0.2, -0.15) is 0 Å². The molecule has 1 amide bonds. The maximum atomic E-state index is 11.2. The smallest absolute Gasteiger partial charge is 0.227 e. The fraction of sp³-hybridized carbons (Fsp3) is 0.857. The van der Waals surface area contributed by atoms with Gasteiger partial charge in [0.2, 0.25) is 5.91 Å². The van der Waals surface area contributed by atoms with Gasteiger partial charge in [-0.3, -0.25) is 4.79 Å². The number of fused-ring (bicyclic) bond motifs is 1. The van der Waals surface area contributed by atoms with Crippen molar-refractivity contribution in [1.29, 1.82) is 0 Å². The molecule has 2 rings (SSSR count). The predicted molar refractivity (Wildman–Crippen MR) is 35.2 cm³/mol. The van der Waals surface area contributed by atoms with E-state index in [9.17, 15) is 4.79 Å². The molecular weight excluding hydrogens is 130 g/mol. The number of ether oxygens (including phenoxy) is 1. The van der Waals surface area contributed by atoms with Crippen LogP contribution in [0.25, 0.3) is 0 Å². The molecule has 0 spiro atoms. The lowest BCUT2D eigenvalue weighted by Crippen LogP contribution is -2.28. The minimum atomic E-state index is 0.230. The van der Waals surface area contributed by atoms with E-state index < -0.39 is 0 Å². The number of carbonyl (C=O) groups excluding carboxylic acids is 1. The second kappa shape index (κ2) is 1.95. The molecule has 0 aliphatic carbocycles. The number of amides is 1. The first-order chi connectivity index (χ1) is 4.79. The van der Waals surface area contributed by atoms with Crippen LogP contribution in [0.4, 0.5) is 0 Å². The predicted octanol–water partition coefficient (Wildman–Crippen LogP) is 0.211. The van der Waals surface area contributed by atoms with Gasteiger partial charge in [-0.25, -0.2) is 0 Å². The van der Waals surface area contributed by atoms with E-state index in [2.05, 4.69) is 0 Å². The Kier molecular flexibility index (Phi) is 1.20. The molecule has 0 aromatic carbocycles. The van der Waals surface area contributed by atoms with E-state index in [1.807, 2.05) is 11.8 Å². The molecule has 2 saturated heterocycles. The highest BCUT2D eigenvalue weighted by Crippen LogP contribution is 2.27. The summed E-state index contributed by atoms with van der Waals surface area (Å²) in [5, 5.41) is 0. The highest BCUT2D eigenvalue weighted by atomic mass is 16.5. The van der Waals surface area contributed by atoms with Gasteiger partial charge in [-0.05, 0) is 6.42 Å². The first kappa shape index (κ1) is 6.16. The molecule has 2 unspecified atom stereocenters. The highest BCUT2D eigenvalue weighted by molar-refractivity contribution is 5.81. The Bertz CT molecular complexity index is 169. The molecule has 2 atom stereocenters. The van der Waals surface area contributed by atoms with Crippen molar-refractivity contribution in [2.45, 2.75) is 19.4 Å². The molecule has 0 bridgehead atoms. The van der Waals surface area contributed by atoms with Crippen LogP contribution in [0, 0.1) is 5.92 Å². The van der Waals surface area contributed by atoms with Gasteiger partial charge < -0.3 is 9.64 Å². The minimum Gasteiger partial charge on any atom is -0.359 e. The molecule has 0 N–H and O–H groups in total. The van der Waals surface area contributed by atoms with Gasteiger partial charge in [0, 0.05) is 5.92 Å². The molecule has 0 saturated carbocycles. The maximum Gasteiger partial charge on any atom is 0.227 e. The first-order valence-corrected chi connectivity index (χ1v) is 3.67. The zero-order valence-electron chi connectivity index (χ0n) is 6.04. The zero-order valence-corrected chi connectivity index (χ0v) is 6.04. The summed E-state index contributed by atoms with van der Waals surface area (Å²) >= 11 is 0. The first-order valence-electron chi connectivity index (χ1n) is 3.67. The zero-order chi connectivity index (χ0) is 7.14. The Hall–Kier alpha value is -0.570. The molecule has 2 aliphatic rings. The summed E-state index contributed by atoms with van der Waals surface area (Å²) in [6, 6.07) is 0.391. The average molecular weight is 141 g/mol. The molecule has 2 heterocycles. The molecule has 3 nitrogen and oxygen atoms in total. The fourth-order valence-corrected chi connectivity index (χ4v) is 1.71. The molecule has 56 valence electrons. The van der Waals surface area contributed by atoms with Crippen LogP contribution in [0.15, 0.2) is 0 Å². The van der Waals surface area contributed by atoms with Gasteiger partial charge in [-0.15, -0.1) is 0 Å². The monoisotopic (exact) mass is 141 g/mol. The Labute approximate surface area is 60.0 Å². The van der Waals surface area contributed by atoms with Crippen molar-refractivity contribution in [3.8, 4) is 0 Å². The van der Waals surface area contributed by atoms with Crippen molar-refractivity contribution in [2.24, 2.45) is 5.92 Å². The second-order valence-corrected chi connectivity index (χ2v) is 3.10. The Morgan fingerprint density at radius 1 is 1.70 bits per heavy atom. The van der Waals surface area contributed by atoms with Crippen LogP contribution in [0.3, 0.4) is 0 Å². The van der Waals surface area contributed by atoms with Crippen LogP contribution in [0.2, 0.25) is 0 Å². The van der Waals surface area contributed by atoms with Crippen LogP contribution in [-0.2, 0) is 9.53 Å². The van der Waals surface area contributed by atoms with E-state index in [0.29, 0.717) is 12.8 Å². The standard InChI is InChI=1S/C7H11NO2/c1-5-2-6-3-10-4-8(6)7(5)9/h5-6H,2-4H2,1H3. The summed E-state index contributed by atoms with van der Waals surface area (Å²) in [6.45, 7) is 3.25.